The van der Waals surface area contributed by atoms with Crippen molar-refractivity contribution < 1.29 is 19.8 Å². The Morgan fingerprint density at radius 3 is 2.79 bits per heavy atom. The van der Waals surface area contributed by atoms with Crippen LogP contribution in [0.4, 0.5) is 5.82 Å². The second-order valence-electron chi connectivity index (χ2n) is 7.15. The van der Waals surface area contributed by atoms with Gasteiger partial charge < -0.3 is 20.8 Å². The fourth-order valence-corrected chi connectivity index (χ4v) is 4.59. The number of aryl methyl sites for hydroxylation is 1. The molecule has 0 fully saturated rings. The van der Waals surface area contributed by atoms with Gasteiger partial charge in [-0.2, -0.15) is 5.26 Å². The number of nitriles is 1. The predicted molar refractivity (Wildman–Crippen MR) is 111 cm³/mol. The van der Waals surface area contributed by atoms with Gasteiger partial charge in [0.05, 0.1) is 0 Å². The number of carbonyl (C=O) groups is 2. The molecule has 0 spiro atoms. The summed E-state index contributed by atoms with van der Waals surface area (Å²) in [5, 5.41) is 27.8. The molecule has 1 aliphatic rings. The summed E-state index contributed by atoms with van der Waals surface area (Å²) in [7, 11) is 4.03. The van der Waals surface area contributed by atoms with E-state index < -0.39 is 5.97 Å². The van der Waals surface area contributed by atoms with Crippen LogP contribution < -0.4 is 5.73 Å². The molecular weight excluding hydrogens is 392 g/mol. The topological polar surface area (TPSA) is 141 Å². The van der Waals surface area contributed by atoms with Crippen molar-refractivity contribution in [3.63, 3.8) is 0 Å². The van der Waals surface area contributed by atoms with Crippen LogP contribution in [0.2, 0.25) is 0 Å². The standard InChI is InChI=1S/C19H22N4O2S.CH2O2/c1-23(2)9-12-6-16(26-10-12)18-13-5-11(7-17(24)25)3-4-15(13)22-19(21)14(18)8-20;2-1-3/h6,10-11H,3-5,7,9H2,1-2H3,(H2,21,22)(H,24,25);1H,(H,2,3). The first-order valence-electron chi connectivity index (χ1n) is 9.04. The van der Waals surface area contributed by atoms with Crippen LogP contribution >= 0.6 is 11.3 Å². The molecule has 2 aromatic rings. The number of rotatable bonds is 5. The summed E-state index contributed by atoms with van der Waals surface area (Å²) in [6.07, 6.45) is 2.25. The highest BCUT2D eigenvalue weighted by atomic mass is 32.1. The molecule has 0 radical (unpaired) electrons. The summed E-state index contributed by atoms with van der Waals surface area (Å²) in [6.45, 7) is 0.572. The van der Waals surface area contributed by atoms with Crippen LogP contribution in [0.3, 0.4) is 0 Å². The van der Waals surface area contributed by atoms with Crippen molar-refractivity contribution in [3.05, 3.63) is 33.8 Å². The monoisotopic (exact) mass is 416 g/mol. The molecule has 0 aliphatic heterocycles. The van der Waals surface area contributed by atoms with E-state index in [1.807, 2.05) is 14.1 Å². The molecule has 4 N–H and O–H groups in total. The zero-order chi connectivity index (χ0) is 21.6. The molecule has 0 bridgehead atoms. The number of fused-ring (bicyclic) bond motifs is 1. The second-order valence-corrected chi connectivity index (χ2v) is 8.06. The maximum atomic E-state index is 11.1. The summed E-state index contributed by atoms with van der Waals surface area (Å²) in [4.78, 5) is 27.0. The molecule has 1 aliphatic carbocycles. The van der Waals surface area contributed by atoms with Crippen LogP contribution in [0.5, 0.6) is 0 Å². The Balaban J connectivity index is 0.000000941. The minimum atomic E-state index is -0.784. The van der Waals surface area contributed by atoms with Crippen molar-refractivity contribution >= 4 is 29.6 Å². The van der Waals surface area contributed by atoms with Gasteiger partial charge in [0.25, 0.3) is 6.47 Å². The minimum Gasteiger partial charge on any atom is -0.483 e. The Kier molecular flexibility index (Phi) is 7.70. The number of carboxylic acid groups (broad SMARTS) is 2. The lowest BCUT2D eigenvalue weighted by molar-refractivity contribution is -0.138. The van der Waals surface area contributed by atoms with Crippen molar-refractivity contribution in [1.29, 1.82) is 5.26 Å². The Morgan fingerprint density at radius 1 is 1.52 bits per heavy atom. The number of pyridine rings is 1. The number of aliphatic carboxylic acids is 1. The second kappa shape index (κ2) is 10.0. The fraction of sp³-hybridized carbons (Fsp3) is 0.400. The van der Waals surface area contributed by atoms with Crippen LogP contribution in [0.1, 0.15) is 35.2 Å². The molecule has 154 valence electrons. The van der Waals surface area contributed by atoms with E-state index in [0.29, 0.717) is 18.4 Å². The van der Waals surface area contributed by atoms with Gasteiger partial charge in [-0.15, -0.1) is 11.3 Å². The molecule has 9 heteroatoms. The normalized spacial score (nSPS) is 15.0. The third-order valence-electron chi connectivity index (χ3n) is 4.67. The molecule has 8 nitrogen and oxygen atoms in total. The van der Waals surface area contributed by atoms with Crippen molar-refractivity contribution in [1.82, 2.24) is 9.88 Å². The third-order valence-corrected chi connectivity index (χ3v) is 5.66. The third kappa shape index (κ3) is 5.53. The molecule has 2 aromatic heterocycles. The number of nitrogens with two attached hydrogens (primary N) is 1. The largest absolute Gasteiger partial charge is 0.483 e. The Hall–Kier alpha value is -2.96. The van der Waals surface area contributed by atoms with Crippen molar-refractivity contribution in [2.24, 2.45) is 5.92 Å². The number of hydrogen-bond acceptors (Lipinski definition) is 7. The highest BCUT2D eigenvalue weighted by Crippen LogP contribution is 2.40. The summed E-state index contributed by atoms with van der Waals surface area (Å²) in [6, 6.07) is 4.31. The maximum absolute atomic E-state index is 11.1. The number of nitrogens with zero attached hydrogens (tertiary/aromatic N) is 3. The van der Waals surface area contributed by atoms with Gasteiger partial charge in [0.15, 0.2) is 0 Å². The summed E-state index contributed by atoms with van der Waals surface area (Å²) >= 11 is 1.59. The zero-order valence-electron chi connectivity index (χ0n) is 16.4. The number of hydrogen-bond donors (Lipinski definition) is 3. The van der Waals surface area contributed by atoms with Crippen molar-refractivity contribution in [2.75, 3.05) is 19.8 Å². The van der Waals surface area contributed by atoms with Gasteiger partial charge >= 0.3 is 5.97 Å². The fourth-order valence-electron chi connectivity index (χ4n) is 3.61. The summed E-state index contributed by atoms with van der Waals surface area (Å²) < 4.78 is 0. The van der Waals surface area contributed by atoms with E-state index in [-0.39, 0.29) is 24.6 Å². The van der Waals surface area contributed by atoms with E-state index in [0.717, 1.165) is 34.7 Å². The molecular formula is C20H24N4O4S. The predicted octanol–water partition coefficient (Wildman–Crippen LogP) is 2.61. The number of carboxylic acids is 1. The van der Waals surface area contributed by atoms with Crippen molar-refractivity contribution in [2.45, 2.75) is 32.2 Å². The van der Waals surface area contributed by atoms with E-state index in [9.17, 15) is 10.1 Å². The van der Waals surface area contributed by atoms with Gasteiger partial charge in [0.2, 0.25) is 0 Å². The molecule has 29 heavy (non-hydrogen) atoms. The quantitative estimate of drug-likeness (QED) is 0.632. The van der Waals surface area contributed by atoms with Crippen molar-refractivity contribution in [3.8, 4) is 16.5 Å². The van der Waals surface area contributed by atoms with Gasteiger partial charge in [-0.3, -0.25) is 9.59 Å². The van der Waals surface area contributed by atoms with E-state index in [1.54, 1.807) is 11.3 Å². The SMILES string of the molecule is CN(C)Cc1csc(-c2c(C#N)c(N)nc3c2CC(CC(=O)O)CC3)c1.O=CO. The van der Waals surface area contributed by atoms with E-state index in [2.05, 4.69) is 27.4 Å². The lowest BCUT2D eigenvalue weighted by Crippen LogP contribution is -2.20. The first-order chi connectivity index (χ1) is 13.8. The highest BCUT2D eigenvalue weighted by molar-refractivity contribution is 7.13. The van der Waals surface area contributed by atoms with Crippen LogP contribution in [0.25, 0.3) is 10.4 Å². The molecule has 1 atom stereocenters. The summed E-state index contributed by atoms with van der Waals surface area (Å²) in [5.74, 6) is -0.453. The average Bonchev–Trinajstić information content (AvgIpc) is 3.08. The Labute approximate surface area is 173 Å². The van der Waals surface area contributed by atoms with Crippen LogP contribution in [-0.4, -0.2) is 46.6 Å². The lowest BCUT2D eigenvalue weighted by atomic mass is 9.81. The number of thiophene rings is 1. The van der Waals surface area contributed by atoms with Gasteiger partial charge in [0, 0.05) is 29.1 Å². The number of aromatic nitrogens is 1. The molecule has 0 amide bonds. The smallest absolute Gasteiger partial charge is 0.303 e. The zero-order valence-corrected chi connectivity index (χ0v) is 17.2. The van der Waals surface area contributed by atoms with Gasteiger partial charge in [-0.25, -0.2) is 4.98 Å². The Bertz CT molecular complexity index is 933. The minimum absolute atomic E-state index is 0.0666. The Morgan fingerprint density at radius 2 is 2.21 bits per heavy atom. The first kappa shape index (κ1) is 22.3. The molecule has 3 rings (SSSR count). The van der Waals surface area contributed by atoms with E-state index >= 15 is 0 Å². The van der Waals surface area contributed by atoms with Gasteiger partial charge in [0.1, 0.15) is 17.5 Å². The number of anilines is 1. The van der Waals surface area contributed by atoms with Gasteiger partial charge in [-0.1, -0.05) is 0 Å². The highest BCUT2D eigenvalue weighted by Gasteiger charge is 2.28. The van der Waals surface area contributed by atoms with Crippen LogP contribution in [0.15, 0.2) is 11.4 Å². The molecule has 0 saturated heterocycles. The van der Waals surface area contributed by atoms with Crippen LogP contribution in [0, 0.1) is 17.2 Å². The van der Waals surface area contributed by atoms with Gasteiger partial charge in [-0.05, 0) is 61.8 Å². The molecule has 0 saturated carbocycles. The first-order valence-corrected chi connectivity index (χ1v) is 9.92. The number of nitrogen functional groups attached to an aromatic ring is 1. The lowest BCUT2D eigenvalue weighted by Gasteiger charge is -2.26. The van der Waals surface area contributed by atoms with E-state index in [4.69, 9.17) is 20.7 Å². The molecule has 2 heterocycles. The summed E-state index contributed by atoms with van der Waals surface area (Å²) in [5.41, 5.74) is 10.4. The van der Waals surface area contributed by atoms with Crippen LogP contribution in [-0.2, 0) is 29.0 Å². The maximum Gasteiger partial charge on any atom is 0.303 e. The molecule has 1 unspecified atom stereocenters. The average molecular weight is 417 g/mol. The molecule has 0 aromatic carbocycles. The van der Waals surface area contributed by atoms with E-state index in [1.165, 1.54) is 5.56 Å².